The Morgan fingerprint density at radius 2 is 1.91 bits per heavy atom. The molecule has 5 aromatic rings. The molecular formula is C35H36N8O3. The molecule has 2 aliphatic heterocycles. The summed E-state index contributed by atoms with van der Waals surface area (Å²) in [4.78, 5) is 30.2. The molecule has 11 heteroatoms. The Morgan fingerprint density at radius 3 is 2.72 bits per heavy atom. The van der Waals surface area contributed by atoms with Gasteiger partial charge in [-0.3, -0.25) is 14.3 Å². The van der Waals surface area contributed by atoms with Crippen LogP contribution in [-0.2, 0) is 11.3 Å². The van der Waals surface area contributed by atoms with Crippen molar-refractivity contribution in [1.29, 1.82) is 0 Å². The molecule has 0 radical (unpaired) electrons. The molecule has 0 bridgehead atoms. The molecule has 1 unspecified atom stereocenters. The summed E-state index contributed by atoms with van der Waals surface area (Å²) >= 11 is 0. The number of nitrogens with zero attached hydrogens (tertiary/aromatic N) is 6. The minimum Gasteiger partial charge on any atom is -0.473 e. The first-order valence-corrected chi connectivity index (χ1v) is 15.6. The van der Waals surface area contributed by atoms with Gasteiger partial charge < -0.3 is 24.7 Å². The van der Waals surface area contributed by atoms with Crippen LogP contribution < -0.4 is 20.9 Å². The molecule has 2 fully saturated rings. The number of hydrogen-bond donors (Lipinski definition) is 2. The fraction of sp³-hybridized carbons (Fsp3) is 0.314. The number of morpholine rings is 1. The second-order valence-corrected chi connectivity index (χ2v) is 11.5. The second-order valence-electron chi connectivity index (χ2n) is 11.5. The Hall–Kier alpha value is -5.02. The molecule has 3 aromatic heterocycles. The van der Waals surface area contributed by atoms with Crippen molar-refractivity contribution < 1.29 is 9.47 Å². The minimum atomic E-state index is -0.209. The van der Waals surface area contributed by atoms with Crippen molar-refractivity contribution in [2.24, 2.45) is 5.92 Å². The van der Waals surface area contributed by atoms with Gasteiger partial charge >= 0.3 is 0 Å². The van der Waals surface area contributed by atoms with Crippen LogP contribution in [0.25, 0.3) is 16.7 Å². The van der Waals surface area contributed by atoms with Gasteiger partial charge in [-0.2, -0.15) is 4.98 Å². The topological polar surface area (TPSA) is 111 Å². The van der Waals surface area contributed by atoms with Gasteiger partial charge in [0.05, 0.1) is 25.3 Å². The lowest BCUT2D eigenvalue weighted by Crippen LogP contribution is -2.46. The van der Waals surface area contributed by atoms with E-state index in [1.54, 1.807) is 23.0 Å². The van der Waals surface area contributed by atoms with Crippen LogP contribution in [-0.4, -0.2) is 75.1 Å². The predicted octanol–water partition coefficient (Wildman–Crippen LogP) is 3.79. The van der Waals surface area contributed by atoms with E-state index in [1.807, 2.05) is 72.4 Å². The van der Waals surface area contributed by atoms with Crippen LogP contribution in [0.4, 0.5) is 11.6 Å². The number of rotatable bonds is 7. The van der Waals surface area contributed by atoms with Crippen LogP contribution in [0.2, 0.25) is 0 Å². The van der Waals surface area contributed by atoms with E-state index in [2.05, 4.69) is 37.3 Å². The first-order valence-electron chi connectivity index (χ1n) is 15.6. The average Bonchev–Trinajstić information content (AvgIpc) is 3.56. The molecule has 11 nitrogen and oxygen atoms in total. The monoisotopic (exact) mass is 616 g/mol. The zero-order valence-electron chi connectivity index (χ0n) is 25.7. The lowest BCUT2D eigenvalue weighted by atomic mass is 9.98. The quantitative estimate of drug-likeness (QED) is 0.264. The van der Waals surface area contributed by atoms with Gasteiger partial charge in [-0.15, -0.1) is 0 Å². The van der Waals surface area contributed by atoms with Gasteiger partial charge in [0.15, 0.2) is 6.23 Å². The number of piperidine rings is 1. The third-order valence-corrected chi connectivity index (χ3v) is 8.35. The van der Waals surface area contributed by atoms with E-state index in [1.165, 1.54) is 0 Å². The largest absolute Gasteiger partial charge is 0.473 e. The third-order valence-electron chi connectivity index (χ3n) is 8.35. The van der Waals surface area contributed by atoms with Crippen molar-refractivity contribution in [2.75, 3.05) is 45.2 Å². The lowest BCUT2D eigenvalue weighted by molar-refractivity contribution is -0.0793. The van der Waals surface area contributed by atoms with Gasteiger partial charge in [-0.25, -0.2) is 9.97 Å². The highest BCUT2D eigenvalue weighted by Crippen LogP contribution is 2.22. The summed E-state index contributed by atoms with van der Waals surface area (Å²) in [5.41, 5.74) is 2.47. The fourth-order valence-electron chi connectivity index (χ4n) is 5.71. The Bertz CT molecular complexity index is 1920. The first kappa shape index (κ1) is 29.7. The van der Waals surface area contributed by atoms with Crippen molar-refractivity contribution in [2.45, 2.75) is 25.6 Å². The number of benzene rings is 2. The van der Waals surface area contributed by atoms with E-state index in [-0.39, 0.29) is 24.2 Å². The molecule has 2 saturated heterocycles. The molecule has 2 aromatic carbocycles. The molecule has 7 rings (SSSR count). The maximum absolute atomic E-state index is 14.0. The van der Waals surface area contributed by atoms with Gasteiger partial charge in [0, 0.05) is 47.8 Å². The number of likely N-dealkylation sites (N-methyl/N-ethyl adjacent to an activating group) is 1. The second kappa shape index (κ2) is 13.5. The zero-order chi connectivity index (χ0) is 31.3. The summed E-state index contributed by atoms with van der Waals surface area (Å²) in [6.07, 6.45) is 7.19. The number of pyridine rings is 1. The number of hydrogen-bond acceptors (Lipinski definition) is 9. The molecule has 2 aliphatic rings. The summed E-state index contributed by atoms with van der Waals surface area (Å²) < 4.78 is 15.3. The van der Waals surface area contributed by atoms with Crippen LogP contribution in [0.3, 0.4) is 0 Å². The van der Waals surface area contributed by atoms with E-state index < -0.39 is 0 Å². The molecule has 0 saturated carbocycles. The molecule has 1 atom stereocenters. The van der Waals surface area contributed by atoms with Crippen molar-refractivity contribution >= 4 is 22.7 Å². The SMILES string of the molecule is CN1CCOCC1Oc1ccc(Nc2ncc3cc(C#CC4CCNCC4)c(=O)n(Cc4nccn4-c4ccccc4)c3n2)cc1. The summed E-state index contributed by atoms with van der Waals surface area (Å²) in [5, 5.41) is 7.37. The highest BCUT2D eigenvalue weighted by molar-refractivity contribution is 5.77. The van der Waals surface area contributed by atoms with Crippen LogP contribution >= 0.6 is 0 Å². The summed E-state index contributed by atoms with van der Waals surface area (Å²) in [7, 11) is 2.03. The maximum Gasteiger partial charge on any atom is 0.268 e. The highest BCUT2D eigenvalue weighted by Gasteiger charge is 2.21. The van der Waals surface area contributed by atoms with Crippen molar-refractivity contribution in [3.05, 3.63) is 101 Å². The average molecular weight is 617 g/mol. The van der Waals surface area contributed by atoms with E-state index in [0.29, 0.717) is 36.2 Å². The molecule has 0 aliphatic carbocycles. The summed E-state index contributed by atoms with van der Waals surface area (Å²) in [6, 6.07) is 19.4. The van der Waals surface area contributed by atoms with Crippen molar-refractivity contribution in [3.8, 4) is 23.3 Å². The smallest absolute Gasteiger partial charge is 0.268 e. The Balaban J connectivity index is 1.20. The maximum atomic E-state index is 14.0. The Labute approximate surface area is 267 Å². The van der Waals surface area contributed by atoms with Crippen LogP contribution in [0.1, 0.15) is 24.2 Å². The predicted molar refractivity (Wildman–Crippen MR) is 177 cm³/mol. The van der Waals surface area contributed by atoms with Gasteiger partial charge in [0.1, 0.15) is 17.2 Å². The standard InChI is InChI=1S/C35H36N8O3/c1-41-19-20-45-24-32(41)46-30-11-9-28(10-12-30)39-35-38-22-27-21-26(8-7-25-13-15-36-16-14-25)34(44)43(33(27)40-35)23-31-37-17-18-42(31)29-5-3-2-4-6-29/h2-6,9-12,17-18,21-22,25,32,36H,13-16,19-20,23-24H2,1H3,(H,38,39,40). The van der Waals surface area contributed by atoms with Crippen LogP contribution in [0, 0.1) is 17.8 Å². The number of anilines is 2. The van der Waals surface area contributed by atoms with E-state index >= 15 is 0 Å². The van der Waals surface area contributed by atoms with Gasteiger partial charge in [0.2, 0.25) is 5.95 Å². The summed E-state index contributed by atoms with van der Waals surface area (Å²) in [5.74, 6) is 8.63. The molecule has 46 heavy (non-hydrogen) atoms. The number of aromatic nitrogens is 5. The minimum absolute atomic E-state index is 0.125. The number of imidazole rings is 1. The van der Waals surface area contributed by atoms with Crippen LogP contribution in [0.5, 0.6) is 5.75 Å². The van der Waals surface area contributed by atoms with Crippen molar-refractivity contribution in [1.82, 2.24) is 34.3 Å². The zero-order valence-corrected chi connectivity index (χ0v) is 25.7. The van der Waals surface area contributed by atoms with E-state index in [0.717, 1.165) is 55.0 Å². The normalized spacial score (nSPS) is 17.4. The van der Waals surface area contributed by atoms with Gasteiger partial charge in [-0.05, 0) is 75.4 Å². The fourth-order valence-corrected chi connectivity index (χ4v) is 5.71. The molecule has 0 amide bonds. The number of fused-ring (bicyclic) bond motifs is 1. The van der Waals surface area contributed by atoms with Crippen LogP contribution in [0.15, 0.2) is 84.0 Å². The number of nitrogens with one attached hydrogen (secondary N) is 2. The number of ether oxygens (including phenoxy) is 2. The lowest BCUT2D eigenvalue weighted by Gasteiger charge is -2.32. The third kappa shape index (κ3) is 6.65. The van der Waals surface area contributed by atoms with Gasteiger partial charge in [0.25, 0.3) is 5.56 Å². The molecule has 234 valence electrons. The first-order chi connectivity index (χ1) is 22.6. The van der Waals surface area contributed by atoms with Gasteiger partial charge in [-0.1, -0.05) is 30.0 Å². The molecule has 5 heterocycles. The molecule has 0 spiro atoms. The molecule has 2 N–H and O–H groups in total. The molecular weight excluding hydrogens is 580 g/mol. The van der Waals surface area contributed by atoms with Crippen molar-refractivity contribution in [3.63, 3.8) is 0 Å². The van der Waals surface area contributed by atoms with E-state index in [4.69, 9.17) is 14.5 Å². The Morgan fingerprint density at radius 1 is 1.09 bits per heavy atom. The number of para-hydroxylation sites is 1. The Kier molecular flexibility index (Phi) is 8.74. The summed E-state index contributed by atoms with van der Waals surface area (Å²) in [6.45, 7) is 4.16. The van der Waals surface area contributed by atoms with E-state index in [9.17, 15) is 4.79 Å². The highest BCUT2D eigenvalue weighted by atomic mass is 16.6.